The minimum absolute atomic E-state index is 0.0169. The van der Waals surface area contributed by atoms with Crippen LogP contribution in [0.25, 0.3) is 0 Å². The highest BCUT2D eigenvalue weighted by Crippen LogP contribution is 2.40. The summed E-state index contributed by atoms with van der Waals surface area (Å²) < 4.78 is 49.5. The molecule has 1 aromatic heterocycles. The van der Waals surface area contributed by atoms with Crippen molar-refractivity contribution in [2.45, 2.75) is 56.9 Å². The first-order valence-electron chi connectivity index (χ1n) is 12.3. The molecule has 2 heterocycles. The van der Waals surface area contributed by atoms with E-state index in [-0.39, 0.29) is 35.7 Å². The van der Waals surface area contributed by atoms with Gasteiger partial charge in [0.15, 0.2) is 0 Å². The van der Waals surface area contributed by atoms with E-state index < -0.39 is 17.6 Å². The topological polar surface area (TPSA) is 72.3 Å². The van der Waals surface area contributed by atoms with E-state index >= 15 is 0 Å². The number of nitrogens with one attached hydrogen (secondary N) is 1. The second-order valence-electron chi connectivity index (χ2n) is 10.2. The van der Waals surface area contributed by atoms with E-state index in [1.807, 2.05) is 19.2 Å². The molecule has 7 nitrogen and oxygen atoms in total. The summed E-state index contributed by atoms with van der Waals surface area (Å²) in [4.78, 5) is 14.9. The number of fused-ring (bicyclic) bond motifs is 1. The highest BCUT2D eigenvalue weighted by atomic mass is 19.4. The predicted molar refractivity (Wildman–Crippen MR) is 132 cm³/mol. The number of nitrogens with zero attached hydrogens (tertiary/aromatic N) is 4. The quantitative estimate of drug-likeness (QED) is 0.468. The number of aryl methyl sites for hydroxylation is 1. The lowest BCUT2D eigenvalue weighted by molar-refractivity contribution is -0.138. The van der Waals surface area contributed by atoms with Crippen molar-refractivity contribution in [2.24, 2.45) is 7.05 Å². The third-order valence-electron chi connectivity index (χ3n) is 7.56. The number of carbonyl (C=O) groups excluding carboxylic acids is 1. The molecule has 37 heavy (non-hydrogen) atoms. The van der Waals surface area contributed by atoms with E-state index in [4.69, 9.17) is 4.74 Å². The first kappa shape index (κ1) is 25.4. The van der Waals surface area contributed by atoms with Crippen molar-refractivity contribution < 1.29 is 22.7 Å². The molecule has 10 heteroatoms. The third-order valence-corrected chi connectivity index (χ3v) is 7.56. The number of ether oxygens (including phenoxy) is 1. The highest BCUT2D eigenvalue weighted by molar-refractivity contribution is 6.10. The molecule has 1 N–H and O–H groups in total. The van der Waals surface area contributed by atoms with Gasteiger partial charge in [0.05, 0.1) is 24.6 Å². The zero-order valence-corrected chi connectivity index (χ0v) is 21.1. The molecule has 1 amide bonds. The molecule has 0 bridgehead atoms. The number of carbonyl (C=O) groups is 1. The minimum atomic E-state index is -4.56. The van der Waals surface area contributed by atoms with Crippen molar-refractivity contribution in [1.29, 1.82) is 0 Å². The SMILES string of the molecule is COCC(c1cccc(N2Cc3c(cc(CNC4(C)CCC4)cc3C(F)(F)F)C2=O)c1)c1nncn1C. The zero-order chi connectivity index (χ0) is 26.4. The fourth-order valence-electron chi connectivity index (χ4n) is 5.23. The van der Waals surface area contributed by atoms with Crippen LogP contribution < -0.4 is 10.2 Å². The van der Waals surface area contributed by atoms with Crippen LogP contribution in [0.5, 0.6) is 0 Å². The van der Waals surface area contributed by atoms with Gasteiger partial charge in [0, 0.05) is 37.5 Å². The number of methoxy groups -OCH3 is 1. The molecule has 5 rings (SSSR count). The molecule has 1 fully saturated rings. The molecule has 1 unspecified atom stereocenters. The number of benzene rings is 2. The molecule has 196 valence electrons. The van der Waals surface area contributed by atoms with Gasteiger partial charge in [-0.1, -0.05) is 12.1 Å². The number of alkyl halides is 3. The molecule has 0 saturated heterocycles. The predicted octanol–water partition coefficient (Wildman–Crippen LogP) is 4.80. The van der Waals surface area contributed by atoms with E-state index in [1.165, 1.54) is 11.0 Å². The monoisotopic (exact) mass is 513 g/mol. The Morgan fingerprint density at radius 2 is 2.00 bits per heavy atom. The summed E-state index contributed by atoms with van der Waals surface area (Å²) in [5, 5.41) is 11.5. The van der Waals surface area contributed by atoms with Gasteiger partial charge in [0.25, 0.3) is 5.91 Å². The van der Waals surface area contributed by atoms with E-state index in [2.05, 4.69) is 22.4 Å². The number of amides is 1. The first-order chi connectivity index (χ1) is 17.6. The van der Waals surface area contributed by atoms with Crippen molar-refractivity contribution in [3.05, 3.63) is 76.4 Å². The lowest BCUT2D eigenvalue weighted by Crippen LogP contribution is -2.47. The Hall–Kier alpha value is -3.24. The summed E-state index contributed by atoms with van der Waals surface area (Å²) in [6.45, 7) is 2.55. The molecular weight excluding hydrogens is 483 g/mol. The Morgan fingerprint density at radius 1 is 1.22 bits per heavy atom. The molecule has 2 aliphatic rings. The number of hydrogen-bond donors (Lipinski definition) is 1. The van der Waals surface area contributed by atoms with Crippen LogP contribution in [-0.4, -0.2) is 39.9 Å². The molecule has 1 atom stereocenters. The highest BCUT2D eigenvalue weighted by Gasteiger charge is 2.41. The van der Waals surface area contributed by atoms with Gasteiger partial charge in [-0.2, -0.15) is 13.2 Å². The summed E-state index contributed by atoms with van der Waals surface area (Å²) in [6.07, 6.45) is 0.124. The Morgan fingerprint density at radius 3 is 2.62 bits per heavy atom. The fraction of sp³-hybridized carbons (Fsp3) is 0.444. The zero-order valence-electron chi connectivity index (χ0n) is 21.1. The Bertz CT molecular complexity index is 1320. The molecule has 1 saturated carbocycles. The van der Waals surface area contributed by atoms with Crippen LogP contribution >= 0.6 is 0 Å². The van der Waals surface area contributed by atoms with Crippen molar-refractivity contribution in [3.63, 3.8) is 0 Å². The van der Waals surface area contributed by atoms with Crippen molar-refractivity contribution in [2.75, 3.05) is 18.6 Å². The van der Waals surface area contributed by atoms with Gasteiger partial charge in [-0.05, 0) is 67.1 Å². The molecular formula is C27H30F3N5O2. The van der Waals surface area contributed by atoms with Crippen LogP contribution in [0.15, 0.2) is 42.7 Å². The maximum Gasteiger partial charge on any atom is 0.416 e. The third kappa shape index (κ3) is 4.87. The normalized spacial score (nSPS) is 17.6. The smallest absolute Gasteiger partial charge is 0.384 e. The van der Waals surface area contributed by atoms with Gasteiger partial charge in [-0.25, -0.2) is 0 Å². The van der Waals surface area contributed by atoms with Gasteiger partial charge < -0.3 is 19.5 Å². The van der Waals surface area contributed by atoms with Crippen LogP contribution in [0.1, 0.15) is 70.5 Å². The van der Waals surface area contributed by atoms with Crippen molar-refractivity contribution in [1.82, 2.24) is 20.1 Å². The summed E-state index contributed by atoms with van der Waals surface area (Å²) in [5.41, 5.74) is 1.14. The number of halogens is 3. The molecule has 0 radical (unpaired) electrons. The van der Waals surface area contributed by atoms with E-state index in [0.29, 0.717) is 23.7 Å². The van der Waals surface area contributed by atoms with Crippen LogP contribution in [0.4, 0.5) is 18.9 Å². The largest absolute Gasteiger partial charge is 0.416 e. The minimum Gasteiger partial charge on any atom is -0.384 e. The van der Waals surface area contributed by atoms with Crippen LogP contribution in [0.2, 0.25) is 0 Å². The number of anilines is 1. The average Bonchev–Trinajstić information content (AvgIpc) is 3.42. The average molecular weight is 514 g/mol. The van der Waals surface area contributed by atoms with Crippen molar-refractivity contribution >= 4 is 11.6 Å². The molecule has 0 spiro atoms. The standard InChI is InChI=1S/C27H30F3N5O2/c1-26(8-5-9-26)31-13-17-10-20-21(23(11-17)27(28,29)30)14-35(25(20)36)19-7-4-6-18(12-19)22(15-37-3)24-33-32-16-34(24)2/h4,6-7,10-12,16,22,31H,5,8-9,13-15H2,1-3H3. The Labute approximate surface area is 213 Å². The molecule has 1 aliphatic heterocycles. The van der Waals surface area contributed by atoms with Gasteiger partial charge in [0.1, 0.15) is 12.2 Å². The van der Waals surface area contributed by atoms with Gasteiger partial charge >= 0.3 is 6.18 Å². The second-order valence-corrected chi connectivity index (χ2v) is 10.2. The van der Waals surface area contributed by atoms with E-state index in [0.717, 1.165) is 24.8 Å². The second kappa shape index (κ2) is 9.57. The number of hydrogen-bond acceptors (Lipinski definition) is 5. The lowest BCUT2D eigenvalue weighted by atomic mass is 9.78. The summed E-state index contributed by atoms with van der Waals surface area (Å²) >= 11 is 0. The Kier molecular flexibility index (Phi) is 6.57. The van der Waals surface area contributed by atoms with Gasteiger partial charge in [-0.3, -0.25) is 4.79 Å². The van der Waals surface area contributed by atoms with Crippen molar-refractivity contribution in [3.8, 4) is 0 Å². The number of rotatable bonds is 8. The van der Waals surface area contributed by atoms with Gasteiger partial charge in [-0.15, -0.1) is 10.2 Å². The Balaban J connectivity index is 1.47. The first-order valence-corrected chi connectivity index (χ1v) is 12.3. The van der Waals surface area contributed by atoms with E-state index in [1.54, 1.807) is 36.2 Å². The van der Waals surface area contributed by atoms with Crippen LogP contribution in [0.3, 0.4) is 0 Å². The summed E-state index contributed by atoms with van der Waals surface area (Å²) in [5.74, 6) is -0.00295. The molecule has 3 aromatic rings. The summed E-state index contributed by atoms with van der Waals surface area (Å²) in [6, 6.07) is 10.0. The maximum absolute atomic E-state index is 14.1. The molecule has 1 aliphatic carbocycles. The maximum atomic E-state index is 14.1. The lowest BCUT2D eigenvalue weighted by Gasteiger charge is -2.39. The molecule has 2 aromatic carbocycles. The van der Waals surface area contributed by atoms with Crippen LogP contribution in [-0.2, 0) is 31.1 Å². The van der Waals surface area contributed by atoms with E-state index in [9.17, 15) is 18.0 Å². The summed E-state index contributed by atoms with van der Waals surface area (Å²) in [7, 11) is 3.42. The van der Waals surface area contributed by atoms with Gasteiger partial charge in [0.2, 0.25) is 0 Å². The fourth-order valence-corrected chi connectivity index (χ4v) is 5.23. The number of aromatic nitrogens is 3. The van der Waals surface area contributed by atoms with Crippen LogP contribution in [0, 0.1) is 0 Å².